The fourth-order valence-corrected chi connectivity index (χ4v) is 1.65. The first-order chi connectivity index (χ1) is 7.93. The molecule has 90 valence electrons. The Kier molecular flexibility index (Phi) is 2.66. The number of aromatic amines is 1. The Morgan fingerprint density at radius 3 is 2.65 bits per heavy atom. The molecule has 0 amide bonds. The number of rotatable bonds is 2. The second kappa shape index (κ2) is 3.89. The van der Waals surface area contributed by atoms with E-state index in [1.54, 1.807) is 6.20 Å². The maximum atomic E-state index is 12.3. The molecule has 2 rings (SSSR count). The zero-order chi connectivity index (χ0) is 12.6. The van der Waals surface area contributed by atoms with E-state index >= 15 is 0 Å². The highest BCUT2D eigenvalue weighted by Crippen LogP contribution is 2.25. The first kappa shape index (κ1) is 11.7. The molecule has 1 heterocycles. The monoisotopic (exact) mass is 242 g/mol. The molecule has 0 spiro atoms. The lowest BCUT2D eigenvalue weighted by atomic mass is 10.1. The quantitative estimate of drug-likeness (QED) is 0.794. The van der Waals surface area contributed by atoms with E-state index in [2.05, 4.69) is 4.98 Å². The Hall–Kier alpha value is -1.82. The van der Waals surface area contributed by atoms with E-state index in [-0.39, 0.29) is 12.1 Å². The maximum Gasteiger partial charge on any atom is 0.454 e. The van der Waals surface area contributed by atoms with Gasteiger partial charge < -0.3 is 10.7 Å². The highest BCUT2D eigenvalue weighted by atomic mass is 19.4. The topological polar surface area (TPSA) is 58.9 Å². The second-order valence-electron chi connectivity index (χ2n) is 3.61. The Balaban J connectivity index is 2.54. The predicted molar refractivity (Wildman–Crippen MR) is 56.6 cm³/mol. The third-order valence-electron chi connectivity index (χ3n) is 2.51. The fourth-order valence-electron chi connectivity index (χ4n) is 1.65. The van der Waals surface area contributed by atoms with Crippen LogP contribution in [0.3, 0.4) is 0 Å². The van der Waals surface area contributed by atoms with Crippen LogP contribution in [0.25, 0.3) is 10.9 Å². The molecule has 3 N–H and O–H groups in total. The summed E-state index contributed by atoms with van der Waals surface area (Å²) in [6, 6.07) is 3.80. The van der Waals surface area contributed by atoms with E-state index in [0.29, 0.717) is 16.5 Å². The van der Waals surface area contributed by atoms with Gasteiger partial charge in [0, 0.05) is 29.2 Å². The molecule has 0 bridgehead atoms. The van der Waals surface area contributed by atoms with Gasteiger partial charge in [-0.25, -0.2) is 0 Å². The summed E-state index contributed by atoms with van der Waals surface area (Å²) in [5.41, 5.74) is 6.40. The number of hydrogen-bond donors (Lipinski definition) is 2. The highest BCUT2D eigenvalue weighted by molar-refractivity contribution is 6.03. The van der Waals surface area contributed by atoms with Gasteiger partial charge >= 0.3 is 6.18 Å². The molecule has 1 aromatic carbocycles. The number of alkyl halides is 3. The van der Waals surface area contributed by atoms with Gasteiger partial charge in [-0.05, 0) is 23.8 Å². The number of halogens is 3. The van der Waals surface area contributed by atoms with Crippen LogP contribution in [0.2, 0.25) is 0 Å². The molecule has 0 fully saturated rings. The normalized spacial score (nSPS) is 12.0. The number of ketones is 1. The third kappa shape index (κ3) is 2.03. The van der Waals surface area contributed by atoms with Gasteiger partial charge in [-0.2, -0.15) is 13.2 Å². The summed E-state index contributed by atoms with van der Waals surface area (Å²) in [7, 11) is 0. The summed E-state index contributed by atoms with van der Waals surface area (Å²) in [6.07, 6.45) is -3.24. The number of Topliss-reactive ketones (excluding diaryl/α,β-unsaturated/α-hetero) is 1. The van der Waals surface area contributed by atoms with Crippen molar-refractivity contribution in [1.82, 2.24) is 4.98 Å². The van der Waals surface area contributed by atoms with Crippen molar-refractivity contribution in [3.63, 3.8) is 0 Å². The second-order valence-corrected chi connectivity index (χ2v) is 3.61. The van der Waals surface area contributed by atoms with Crippen LogP contribution in [0, 0.1) is 0 Å². The number of carbonyl (C=O) groups excluding carboxylic acids is 1. The van der Waals surface area contributed by atoms with Crippen LogP contribution in [-0.4, -0.2) is 16.9 Å². The van der Waals surface area contributed by atoms with Gasteiger partial charge in [0.25, 0.3) is 5.78 Å². The van der Waals surface area contributed by atoms with Crippen LogP contribution in [0.4, 0.5) is 13.2 Å². The lowest BCUT2D eigenvalue weighted by Gasteiger charge is -2.05. The van der Waals surface area contributed by atoms with Gasteiger partial charge in [0.2, 0.25) is 0 Å². The van der Waals surface area contributed by atoms with E-state index in [1.165, 1.54) is 12.1 Å². The third-order valence-corrected chi connectivity index (χ3v) is 2.51. The van der Waals surface area contributed by atoms with Crippen molar-refractivity contribution in [3.05, 3.63) is 35.5 Å². The minimum absolute atomic E-state index is 0.198. The predicted octanol–water partition coefficient (Wildman–Crippen LogP) is 2.37. The summed E-state index contributed by atoms with van der Waals surface area (Å²) < 4.78 is 36.8. The number of aromatic nitrogens is 1. The summed E-state index contributed by atoms with van der Waals surface area (Å²) >= 11 is 0. The number of hydrogen-bond acceptors (Lipinski definition) is 2. The molecule has 1 aromatic heterocycles. The molecular formula is C11H9F3N2O. The van der Waals surface area contributed by atoms with Crippen LogP contribution >= 0.6 is 0 Å². The molecule has 3 nitrogen and oxygen atoms in total. The molecule has 0 aliphatic rings. The Labute approximate surface area is 94.4 Å². The van der Waals surface area contributed by atoms with Crippen molar-refractivity contribution in [2.45, 2.75) is 12.7 Å². The minimum Gasteiger partial charge on any atom is -0.361 e. The number of nitrogens with one attached hydrogen (secondary N) is 1. The van der Waals surface area contributed by atoms with Gasteiger partial charge in [-0.3, -0.25) is 4.79 Å². The highest BCUT2D eigenvalue weighted by Gasteiger charge is 2.39. The molecule has 2 aromatic rings. The minimum atomic E-state index is -4.85. The molecule has 6 heteroatoms. The van der Waals surface area contributed by atoms with Crippen LogP contribution in [0.5, 0.6) is 0 Å². The lowest BCUT2D eigenvalue weighted by molar-refractivity contribution is -0.0885. The number of carbonyl (C=O) groups is 1. The van der Waals surface area contributed by atoms with E-state index in [4.69, 9.17) is 5.73 Å². The van der Waals surface area contributed by atoms with Gasteiger partial charge in [0.1, 0.15) is 0 Å². The molecule has 0 aliphatic carbocycles. The van der Waals surface area contributed by atoms with Crippen LogP contribution in [0.15, 0.2) is 24.4 Å². The zero-order valence-corrected chi connectivity index (χ0v) is 8.64. The van der Waals surface area contributed by atoms with Crippen molar-refractivity contribution in [2.75, 3.05) is 0 Å². The molecule has 0 radical (unpaired) electrons. The van der Waals surface area contributed by atoms with Crippen LogP contribution < -0.4 is 5.73 Å². The van der Waals surface area contributed by atoms with Gasteiger partial charge in [-0.1, -0.05) is 0 Å². The van der Waals surface area contributed by atoms with Crippen LogP contribution in [0.1, 0.15) is 15.9 Å². The molecule has 0 saturated carbocycles. The Bertz CT molecular complexity index is 572. The molecule has 0 aliphatic heterocycles. The molecule has 0 atom stereocenters. The SMILES string of the molecule is NCc1c[nH]c2ccc(C(=O)C(F)(F)F)cc12. The van der Waals surface area contributed by atoms with Gasteiger partial charge in [0.15, 0.2) is 0 Å². The van der Waals surface area contributed by atoms with E-state index in [1.807, 2.05) is 0 Å². The molecule has 17 heavy (non-hydrogen) atoms. The first-order valence-electron chi connectivity index (χ1n) is 4.85. The average molecular weight is 242 g/mol. The average Bonchev–Trinajstić information content (AvgIpc) is 2.68. The smallest absolute Gasteiger partial charge is 0.361 e. The van der Waals surface area contributed by atoms with Gasteiger partial charge in [-0.15, -0.1) is 0 Å². The fraction of sp³-hybridized carbons (Fsp3) is 0.182. The number of fused-ring (bicyclic) bond motifs is 1. The number of H-pyrrole nitrogens is 1. The van der Waals surface area contributed by atoms with Gasteiger partial charge in [0.05, 0.1) is 0 Å². The maximum absolute atomic E-state index is 12.3. The first-order valence-corrected chi connectivity index (χ1v) is 4.85. The van der Waals surface area contributed by atoms with Crippen LogP contribution in [-0.2, 0) is 6.54 Å². The van der Waals surface area contributed by atoms with Crippen molar-refractivity contribution in [1.29, 1.82) is 0 Å². The summed E-state index contributed by atoms with van der Waals surface area (Å²) in [5.74, 6) is -1.84. The molecular weight excluding hydrogens is 233 g/mol. The number of benzene rings is 1. The lowest BCUT2D eigenvalue weighted by Crippen LogP contribution is -2.22. The van der Waals surface area contributed by atoms with Crippen molar-refractivity contribution >= 4 is 16.7 Å². The zero-order valence-electron chi connectivity index (χ0n) is 8.64. The van der Waals surface area contributed by atoms with Crippen molar-refractivity contribution < 1.29 is 18.0 Å². The standard InChI is InChI=1S/C11H9F3N2O/c12-11(13,14)10(17)6-1-2-9-8(3-6)7(4-15)5-16-9/h1-3,5,16H,4,15H2. The summed E-state index contributed by atoms with van der Waals surface area (Å²) in [5, 5.41) is 0.544. The largest absolute Gasteiger partial charge is 0.454 e. The van der Waals surface area contributed by atoms with E-state index in [9.17, 15) is 18.0 Å². The summed E-state index contributed by atoms with van der Waals surface area (Å²) in [4.78, 5) is 13.9. The summed E-state index contributed by atoms with van der Waals surface area (Å²) in [6.45, 7) is 0.198. The number of nitrogens with two attached hydrogens (primary N) is 1. The van der Waals surface area contributed by atoms with E-state index < -0.39 is 12.0 Å². The Morgan fingerprint density at radius 2 is 2.06 bits per heavy atom. The molecule has 0 saturated heterocycles. The van der Waals surface area contributed by atoms with Crippen molar-refractivity contribution in [3.8, 4) is 0 Å². The van der Waals surface area contributed by atoms with E-state index in [0.717, 1.165) is 6.07 Å². The Morgan fingerprint density at radius 1 is 1.35 bits per heavy atom. The van der Waals surface area contributed by atoms with Crippen molar-refractivity contribution in [2.24, 2.45) is 5.73 Å². The molecule has 0 unspecified atom stereocenters.